The molecular weight excluding hydrogens is 276 g/mol. The van der Waals surface area contributed by atoms with Crippen molar-refractivity contribution < 1.29 is 14.1 Å². The van der Waals surface area contributed by atoms with E-state index in [1.165, 1.54) is 9.80 Å². The Morgan fingerprint density at radius 3 is 1.20 bits per heavy atom. The molecule has 0 aliphatic heterocycles. The Kier molecular flexibility index (Phi) is 10.6. The van der Waals surface area contributed by atoms with Gasteiger partial charge in [0.2, 0.25) is 0 Å². The van der Waals surface area contributed by atoms with Crippen LogP contribution in [0.3, 0.4) is 0 Å². The van der Waals surface area contributed by atoms with Crippen molar-refractivity contribution in [3.63, 3.8) is 0 Å². The molecule has 6 heteroatoms. The lowest BCUT2D eigenvalue weighted by Crippen LogP contribution is -2.45. The molecule has 5 nitrogen and oxygen atoms in total. The lowest BCUT2D eigenvalue weighted by Gasteiger charge is -2.24. The standard InChI is InChI=1S/C14H28N2O3S/c1-5-9-15(10-6-2)13(17)20(19)14(18)16(11-7-3)12-8-4/h5-12H2,1-4H3. The molecule has 0 spiro atoms. The van der Waals surface area contributed by atoms with E-state index in [9.17, 15) is 14.1 Å². The zero-order chi connectivity index (χ0) is 15.5. The lowest BCUT2D eigenvalue weighted by molar-refractivity contribution is 0.213. The minimum absolute atomic E-state index is 0.545. The van der Waals surface area contributed by atoms with E-state index in [0.29, 0.717) is 26.2 Å². The normalized spacial score (nSPS) is 10.7. The topological polar surface area (TPSA) is 63.7 Å². The third-order valence-electron chi connectivity index (χ3n) is 2.81. The van der Waals surface area contributed by atoms with E-state index in [1.807, 2.05) is 27.7 Å². The Hall–Kier alpha value is -0.750. The largest absolute Gasteiger partial charge is 0.599 e. The van der Waals surface area contributed by atoms with Gasteiger partial charge in [0.25, 0.3) is 0 Å². The number of amides is 2. The van der Waals surface area contributed by atoms with E-state index >= 15 is 0 Å². The molecule has 0 unspecified atom stereocenters. The average molecular weight is 304 g/mol. The fraction of sp³-hybridized carbons (Fsp3) is 0.857. The summed E-state index contributed by atoms with van der Waals surface area (Å²) in [6.45, 7) is 10.0. The molecule has 118 valence electrons. The summed E-state index contributed by atoms with van der Waals surface area (Å²) in [5, 5.41) is -1.09. The minimum atomic E-state index is -2.10. The Morgan fingerprint density at radius 1 is 0.750 bits per heavy atom. The Bertz CT molecular complexity index is 260. The van der Waals surface area contributed by atoms with Crippen LogP contribution in [0.15, 0.2) is 0 Å². The second-order valence-corrected chi connectivity index (χ2v) is 6.01. The monoisotopic (exact) mass is 304 g/mol. The highest BCUT2D eigenvalue weighted by Crippen LogP contribution is 2.10. The summed E-state index contributed by atoms with van der Waals surface area (Å²) in [6.07, 6.45) is 3.19. The highest BCUT2D eigenvalue weighted by Gasteiger charge is 2.36. The van der Waals surface area contributed by atoms with E-state index < -0.39 is 21.7 Å². The first-order valence-corrected chi connectivity index (χ1v) is 8.67. The van der Waals surface area contributed by atoms with Crippen LogP contribution in [0.1, 0.15) is 53.4 Å². The molecule has 0 aromatic heterocycles. The van der Waals surface area contributed by atoms with Gasteiger partial charge >= 0.3 is 10.5 Å². The fourth-order valence-corrected chi connectivity index (χ4v) is 2.96. The SMILES string of the molecule is CCCN(CCC)C(=O)[S+]([O-])C(=O)N(CCC)CCC. The average Bonchev–Trinajstić information content (AvgIpc) is 2.44. The van der Waals surface area contributed by atoms with E-state index in [2.05, 4.69) is 0 Å². The molecule has 0 aliphatic rings. The summed E-state index contributed by atoms with van der Waals surface area (Å²) in [4.78, 5) is 27.4. The van der Waals surface area contributed by atoms with E-state index in [-0.39, 0.29) is 0 Å². The summed E-state index contributed by atoms with van der Waals surface area (Å²) < 4.78 is 12.2. The first kappa shape index (κ1) is 19.2. The number of hydrogen-bond acceptors (Lipinski definition) is 3. The molecular formula is C14H28N2O3S. The van der Waals surface area contributed by atoms with Gasteiger partial charge < -0.3 is 4.55 Å². The maximum absolute atomic E-state index is 12.2. The number of carbonyl (C=O) groups excluding carboxylic acids is 2. The molecule has 0 aliphatic carbocycles. The van der Waals surface area contributed by atoms with Gasteiger partial charge in [-0.1, -0.05) is 27.7 Å². The number of carbonyl (C=O) groups is 2. The van der Waals surface area contributed by atoms with Crippen LogP contribution in [0.4, 0.5) is 9.59 Å². The minimum Gasteiger partial charge on any atom is -0.599 e. The maximum atomic E-state index is 12.2. The van der Waals surface area contributed by atoms with Gasteiger partial charge in [-0.15, -0.1) is 0 Å². The number of nitrogens with zero attached hydrogens (tertiary/aromatic N) is 2. The molecule has 0 aromatic carbocycles. The van der Waals surface area contributed by atoms with Crippen molar-refractivity contribution in [3.05, 3.63) is 0 Å². The first-order valence-electron chi connectivity index (χ1n) is 7.52. The van der Waals surface area contributed by atoms with Gasteiger partial charge in [0, 0.05) is 26.2 Å². The highest BCUT2D eigenvalue weighted by molar-refractivity contribution is 8.18. The molecule has 0 saturated carbocycles. The van der Waals surface area contributed by atoms with E-state index in [0.717, 1.165) is 25.7 Å². The second kappa shape index (κ2) is 11.0. The van der Waals surface area contributed by atoms with E-state index in [4.69, 9.17) is 0 Å². The molecule has 0 N–H and O–H groups in total. The van der Waals surface area contributed by atoms with Gasteiger partial charge in [0.05, 0.1) is 0 Å². The molecule has 0 fully saturated rings. The van der Waals surface area contributed by atoms with Crippen molar-refractivity contribution in [2.45, 2.75) is 53.4 Å². The highest BCUT2D eigenvalue weighted by atomic mass is 32.2. The lowest BCUT2D eigenvalue weighted by atomic mass is 10.4. The smallest absolute Gasteiger partial charge is 0.440 e. The van der Waals surface area contributed by atoms with Gasteiger partial charge in [-0.2, -0.15) is 0 Å². The molecule has 0 radical (unpaired) electrons. The summed E-state index contributed by atoms with van der Waals surface area (Å²) in [6, 6.07) is 0. The third-order valence-corrected chi connectivity index (χ3v) is 3.96. The van der Waals surface area contributed by atoms with Crippen LogP contribution >= 0.6 is 0 Å². The van der Waals surface area contributed by atoms with Crippen LogP contribution < -0.4 is 0 Å². The predicted molar refractivity (Wildman–Crippen MR) is 83.2 cm³/mol. The van der Waals surface area contributed by atoms with Crippen LogP contribution in [0.25, 0.3) is 0 Å². The summed E-state index contributed by atoms with van der Waals surface area (Å²) in [5.41, 5.74) is 0. The van der Waals surface area contributed by atoms with Gasteiger partial charge in [-0.25, -0.2) is 9.59 Å². The summed E-state index contributed by atoms with van der Waals surface area (Å²) >= 11 is -2.10. The molecule has 0 aromatic rings. The van der Waals surface area contributed by atoms with Gasteiger partial charge in [0.15, 0.2) is 0 Å². The van der Waals surface area contributed by atoms with Crippen molar-refractivity contribution in [1.29, 1.82) is 0 Å². The fourth-order valence-electron chi connectivity index (χ4n) is 1.98. The molecule has 2 amide bonds. The zero-order valence-electron chi connectivity index (χ0n) is 13.2. The van der Waals surface area contributed by atoms with Gasteiger partial charge in [-0.3, -0.25) is 9.80 Å². The molecule has 0 rings (SSSR count). The van der Waals surface area contributed by atoms with Crippen LogP contribution in [-0.4, -0.2) is 51.0 Å². The van der Waals surface area contributed by atoms with Crippen molar-refractivity contribution in [3.8, 4) is 0 Å². The second-order valence-electron chi connectivity index (χ2n) is 4.77. The predicted octanol–water partition coefficient (Wildman–Crippen LogP) is 3.22. The quantitative estimate of drug-likeness (QED) is 0.647. The van der Waals surface area contributed by atoms with Crippen LogP contribution in [0, 0.1) is 0 Å². The zero-order valence-corrected chi connectivity index (χ0v) is 14.0. The molecule has 0 atom stereocenters. The number of hydrogen-bond donors (Lipinski definition) is 0. The third kappa shape index (κ3) is 6.13. The van der Waals surface area contributed by atoms with Gasteiger partial charge in [-0.05, 0) is 25.7 Å². The van der Waals surface area contributed by atoms with Crippen LogP contribution in [-0.2, 0) is 11.2 Å². The first-order chi connectivity index (χ1) is 9.53. The van der Waals surface area contributed by atoms with Crippen molar-refractivity contribution >= 4 is 21.7 Å². The number of rotatable bonds is 8. The van der Waals surface area contributed by atoms with Crippen molar-refractivity contribution in [2.75, 3.05) is 26.2 Å². The van der Waals surface area contributed by atoms with Gasteiger partial charge in [0.1, 0.15) is 11.2 Å². The Balaban J connectivity index is 4.76. The molecule has 20 heavy (non-hydrogen) atoms. The Labute approximate surface area is 125 Å². The van der Waals surface area contributed by atoms with Crippen LogP contribution in [0.2, 0.25) is 0 Å². The molecule has 0 heterocycles. The molecule has 0 saturated heterocycles. The Morgan fingerprint density at radius 2 is 1.00 bits per heavy atom. The maximum Gasteiger partial charge on any atom is 0.440 e. The van der Waals surface area contributed by atoms with Crippen LogP contribution in [0.5, 0.6) is 0 Å². The van der Waals surface area contributed by atoms with E-state index in [1.54, 1.807) is 0 Å². The van der Waals surface area contributed by atoms with Crippen molar-refractivity contribution in [1.82, 2.24) is 9.80 Å². The summed E-state index contributed by atoms with van der Waals surface area (Å²) in [7, 11) is 0. The summed E-state index contributed by atoms with van der Waals surface area (Å²) in [5.74, 6) is 0. The van der Waals surface area contributed by atoms with Crippen molar-refractivity contribution in [2.24, 2.45) is 0 Å². The molecule has 0 bridgehead atoms.